The molecule has 1 aromatic heterocycles. The first-order chi connectivity index (χ1) is 13.6. The van der Waals surface area contributed by atoms with Crippen LogP contribution in [0.5, 0.6) is 5.75 Å². The van der Waals surface area contributed by atoms with Gasteiger partial charge in [-0.05, 0) is 30.4 Å². The summed E-state index contributed by atoms with van der Waals surface area (Å²) in [5.74, 6) is -0.0173. The molecule has 0 amide bonds. The number of hydrogen-bond acceptors (Lipinski definition) is 5. The zero-order valence-electron chi connectivity index (χ0n) is 16.7. The van der Waals surface area contributed by atoms with Crippen molar-refractivity contribution in [2.45, 2.75) is 52.3 Å². The zero-order valence-corrected chi connectivity index (χ0v) is 17.5. The van der Waals surface area contributed by atoms with Gasteiger partial charge in [-0.25, -0.2) is 9.38 Å². The first-order valence-corrected chi connectivity index (χ1v) is 9.96. The maximum absolute atomic E-state index is 13.1. The van der Waals surface area contributed by atoms with Crippen LogP contribution in [0, 0.1) is 5.92 Å². The van der Waals surface area contributed by atoms with Crippen molar-refractivity contribution in [3.8, 4) is 5.75 Å². The molecule has 0 fully saturated rings. The Hall–Kier alpha value is -2.29. The van der Waals surface area contributed by atoms with Crippen molar-refractivity contribution in [2.75, 3.05) is 0 Å². The van der Waals surface area contributed by atoms with Gasteiger partial charge in [-0.15, -0.1) is 0 Å². The second-order valence-corrected chi connectivity index (χ2v) is 8.10. The Morgan fingerprint density at radius 2 is 1.90 bits per heavy atom. The van der Waals surface area contributed by atoms with Gasteiger partial charge in [0, 0.05) is 5.25 Å². The van der Waals surface area contributed by atoms with E-state index in [0.29, 0.717) is 10.5 Å². The lowest BCUT2D eigenvalue weighted by Crippen LogP contribution is -2.33. The molecule has 0 N–H and O–H groups in total. The van der Waals surface area contributed by atoms with Crippen LogP contribution in [-0.2, 0) is 13.2 Å². The molecule has 0 saturated carbocycles. The highest BCUT2D eigenvalue weighted by Crippen LogP contribution is 2.22. The number of aromatic nitrogens is 2. The van der Waals surface area contributed by atoms with Crippen LogP contribution in [-0.4, -0.2) is 26.7 Å². The Morgan fingerprint density at radius 3 is 2.48 bits per heavy atom. The third-order valence-electron chi connectivity index (χ3n) is 4.21. The highest BCUT2D eigenvalue weighted by Gasteiger charge is 2.31. The van der Waals surface area contributed by atoms with Crippen molar-refractivity contribution < 1.29 is 17.9 Å². The Morgan fingerprint density at radius 1 is 1.24 bits per heavy atom. The molecule has 0 saturated heterocycles. The normalized spacial score (nSPS) is 13.6. The summed E-state index contributed by atoms with van der Waals surface area (Å²) in [6, 6.07) is 9.02. The van der Waals surface area contributed by atoms with E-state index in [1.165, 1.54) is 11.9 Å². The van der Waals surface area contributed by atoms with Crippen LogP contribution in [0.2, 0.25) is 0 Å². The van der Waals surface area contributed by atoms with Crippen molar-refractivity contribution in [3.05, 3.63) is 58.3 Å². The fourth-order valence-electron chi connectivity index (χ4n) is 2.25. The molecule has 0 aliphatic rings. The highest BCUT2D eigenvalue weighted by molar-refractivity contribution is 7.98. The summed E-state index contributed by atoms with van der Waals surface area (Å²) < 4.78 is 49.6. The van der Waals surface area contributed by atoms with Gasteiger partial charge in [0.15, 0.2) is 5.82 Å². The van der Waals surface area contributed by atoms with Crippen LogP contribution in [0.25, 0.3) is 0 Å². The molecule has 0 aliphatic heterocycles. The number of alkyl halides is 3. The second-order valence-electron chi connectivity index (χ2n) is 6.96. The van der Waals surface area contributed by atoms with Crippen molar-refractivity contribution in [2.24, 2.45) is 10.3 Å². The monoisotopic (exact) mass is 427 g/mol. The minimum Gasteiger partial charge on any atom is -0.482 e. The first-order valence-electron chi connectivity index (χ1n) is 9.12. The molecule has 0 aliphatic carbocycles. The first kappa shape index (κ1) is 23.0. The van der Waals surface area contributed by atoms with Crippen molar-refractivity contribution in [3.63, 3.8) is 0 Å². The Bertz CT molecular complexity index is 896. The van der Waals surface area contributed by atoms with E-state index in [1.807, 2.05) is 26.8 Å². The molecular weight excluding hydrogens is 403 g/mol. The molecule has 0 radical (unpaired) electrons. The standard InChI is InChI=1S/C20H24F3N3O2S/c1-13(2)15(4)29-25-14(3)18-24-10-17(19(27)26(18)12-20(21,22)23)28-11-16-8-6-5-7-9-16/h5-10,13,15H,11-12H2,1-4H3/b25-14+. The summed E-state index contributed by atoms with van der Waals surface area (Å²) in [7, 11) is 0. The summed E-state index contributed by atoms with van der Waals surface area (Å²) >= 11 is 1.25. The topological polar surface area (TPSA) is 56.5 Å². The van der Waals surface area contributed by atoms with Crippen LogP contribution < -0.4 is 10.3 Å². The van der Waals surface area contributed by atoms with Gasteiger partial charge in [-0.3, -0.25) is 9.36 Å². The number of hydrogen-bond donors (Lipinski definition) is 0. The minimum atomic E-state index is -4.59. The maximum atomic E-state index is 13.1. The van der Waals surface area contributed by atoms with E-state index in [0.717, 1.165) is 11.8 Å². The molecule has 9 heteroatoms. The van der Waals surface area contributed by atoms with E-state index in [1.54, 1.807) is 31.2 Å². The molecule has 0 spiro atoms. The minimum absolute atomic E-state index is 0.0535. The van der Waals surface area contributed by atoms with Crippen LogP contribution in [0.1, 0.15) is 39.1 Å². The fourth-order valence-corrected chi connectivity index (χ4v) is 2.90. The molecule has 2 aromatic rings. The van der Waals surface area contributed by atoms with Crippen molar-refractivity contribution in [1.82, 2.24) is 9.55 Å². The molecular formula is C20H24F3N3O2S. The molecule has 0 bridgehead atoms. The number of ether oxygens (including phenoxy) is 1. The van der Waals surface area contributed by atoms with Crippen molar-refractivity contribution >= 4 is 17.7 Å². The van der Waals surface area contributed by atoms with Gasteiger partial charge in [0.05, 0.1) is 11.9 Å². The summed E-state index contributed by atoms with van der Waals surface area (Å²) in [6.07, 6.45) is -3.43. The van der Waals surface area contributed by atoms with Crippen LogP contribution >= 0.6 is 11.9 Å². The van der Waals surface area contributed by atoms with E-state index in [4.69, 9.17) is 4.74 Å². The Labute approximate surface area is 172 Å². The second kappa shape index (κ2) is 9.96. The van der Waals surface area contributed by atoms with Gasteiger partial charge < -0.3 is 4.74 Å². The van der Waals surface area contributed by atoms with Crippen LogP contribution in [0.3, 0.4) is 0 Å². The summed E-state index contributed by atoms with van der Waals surface area (Å²) in [4.78, 5) is 16.7. The lowest BCUT2D eigenvalue weighted by molar-refractivity contribution is -0.141. The maximum Gasteiger partial charge on any atom is 0.406 e. The molecule has 29 heavy (non-hydrogen) atoms. The van der Waals surface area contributed by atoms with Gasteiger partial charge in [-0.1, -0.05) is 51.1 Å². The van der Waals surface area contributed by atoms with Gasteiger partial charge in [0.25, 0.3) is 5.56 Å². The predicted molar refractivity (Wildman–Crippen MR) is 109 cm³/mol. The zero-order chi connectivity index (χ0) is 21.6. The predicted octanol–water partition coefficient (Wildman–Crippen LogP) is 4.89. The molecule has 1 unspecified atom stereocenters. The molecule has 2 rings (SSSR count). The third-order valence-corrected chi connectivity index (χ3v) is 5.46. The lowest BCUT2D eigenvalue weighted by Gasteiger charge is -2.16. The molecule has 5 nitrogen and oxygen atoms in total. The van der Waals surface area contributed by atoms with E-state index in [2.05, 4.69) is 9.38 Å². The fraction of sp³-hybridized carbons (Fsp3) is 0.450. The van der Waals surface area contributed by atoms with E-state index in [9.17, 15) is 18.0 Å². The van der Waals surface area contributed by atoms with E-state index >= 15 is 0 Å². The third kappa shape index (κ3) is 6.92. The smallest absolute Gasteiger partial charge is 0.406 e. The van der Waals surface area contributed by atoms with Gasteiger partial charge in [-0.2, -0.15) is 13.2 Å². The number of rotatable bonds is 8. The summed E-state index contributed by atoms with van der Waals surface area (Å²) in [5.41, 5.74) is 0.147. The van der Waals surface area contributed by atoms with Crippen LogP contribution in [0.15, 0.2) is 45.7 Å². The average Bonchev–Trinajstić information content (AvgIpc) is 2.66. The van der Waals surface area contributed by atoms with Gasteiger partial charge in [0.1, 0.15) is 13.2 Å². The molecule has 1 atom stereocenters. The lowest BCUT2D eigenvalue weighted by atomic mass is 10.2. The van der Waals surface area contributed by atoms with E-state index < -0.39 is 18.3 Å². The molecule has 1 heterocycles. The van der Waals surface area contributed by atoms with E-state index in [-0.39, 0.29) is 29.1 Å². The summed E-state index contributed by atoms with van der Waals surface area (Å²) in [5, 5.41) is 0.168. The quantitative estimate of drug-likeness (QED) is 0.445. The number of nitrogens with zero attached hydrogens (tertiary/aromatic N) is 3. The number of halogens is 3. The van der Waals surface area contributed by atoms with Crippen molar-refractivity contribution in [1.29, 1.82) is 0 Å². The van der Waals surface area contributed by atoms with Gasteiger partial charge >= 0.3 is 6.18 Å². The van der Waals surface area contributed by atoms with Gasteiger partial charge in [0.2, 0.25) is 5.75 Å². The SMILES string of the molecule is C/C(=N\SC(C)C(C)C)c1ncc(OCc2ccccc2)c(=O)n1CC(F)(F)F. The largest absolute Gasteiger partial charge is 0.482 e. The Balaban J connectivity index is 2.34. The highest BCUT2D eigenvalue weighted by atomic mass is 32.2. The number of benzene rings is 1. The summed E-state index contributed by atoms with van der Waals surface area (Å²) in [6.45, 7) is 6.16. The van der Waals surface area contributed by atoms with Crippen LogP contribution in [0.4, 0.5) is 13.2 Å². The molecule has 158 valence electrons. The molecule has 1 aromatic carbocycles. The average molecular weight is 427 g/mol. The Kier molecular flexibility index (Phi) is 7.89.